The summed E-state index contributed by atoms with van der Waals surface area (Å²) >= 11 is 0. The molecule has 0 fully saturated rings. The number of aryl methyl sites for hydroxylation is 3. The second kappa shape index (κ2) is 5.88. The second-order valence-electron chi connectivity index (χ2n) is 6.06. The quantitative estimate of drug-likeness (QED) is 0.787. The highest BCUT2D eigenvalue weighted by molar-refractivity contribution is 5.95. The van der Waals surface area contributed by atoms with Crippen molar-refractivity contribution in [3.05, 3.63) is 58.3 Å². The molecule has 0 atom stereocenters. The Hall–Kier alpha value is -2.62. The Bertz CT molecular complexity index is 894. The van der Waals surface area contributed by atoms with Crippen molar-refractivity contribution in [3.63, 3.8) is 0 Å². The normalized spacial score (nSPS) is 11.0. The minimum absolute atomic E-state index is 0.0898. The summed E-state index contributed by atoms with van der Waals surface area (Å²) in [5, 5.41) is 7.96. The van der Waals surface area contributed by atoms with Gasteiger partial charge in [0, 0.05) is 11.1 Å². The van der Waals surface area contributed by atoms with Gasteiger partial charge in [-0.2, -0.15) is 0 Å². The number of fused-ring (bicyclic) bond motifs is 1. The van der Waals surface area contributed by atoms with Gasteiger partial charge in [0.25, 0.3) is 0 Å². The first-order chi connectivity index (χ1) is 11.0. The summed E-state index contributed by atoms with van der Waals surface area (Å²) < 4.78 is 5.40. The number of anilines is 1. The van der Waals surface area contributed by atoms with Crippen LogP contribution >= 0.6 is 0 Å². The Labute approximate surface area is 135 Å². The number of nitrogens with one attached hydrogen (secondary N) is 1. The Balaban J connectivity index is 1.85. The summed E-state index contributed by atoms with van der Waals surface area (Å²) in [6.45, 7) is 8.05. The molecule has 2 aromatic carbocycles. The highest BCUT2D eigenvalue weighted by Crippen LogP contribution is 2.24. The molecule has 0 saturated carbocycles. The molecule has 0 aliphatic carbocycles. The molecule has 1 N–H and O–H groups in total. The summed E-state index contributed by atoms with van der Waals surface area (Å²) in [6.07, 6.45) is 0.198. The molecule has 23 heavy (non-hydrogen) atoms. The van der Waals surface area contributed by atoms with Crippen molar-refractivity contribution in [3.8, 4) is 0 Å². The maximum Gasteiger partial charge on any atom is 0.230 e. The van der Waals surface area contributed by atoms with Crippen molar-refractivity contribution in [1.29, 1.82) is 0 Å². The van der Waals surface area contributed by atoms with Crippen LogP contribution in [0.3, 0.4) is 0 Å². The third-order valence-electron chi connectivity index (χ3n) is 4.18. The van der Waals surface area contributed by atoms with E-state index in [1.807, 2.05) is 58.0 Å². The molecule has 0 radical (unpaired) electrons. The van der Waals surface area contributed by atoms with Crippen LogP contribution in [0.5, 0.6) is 0 Å². The molecule has 0 saturated heterocycles. The van der Waals surface area contributed by atoms with E-state index < -0.39 is 0 Å². The second-order valence-corrected chi connectivity index (χ2v) is 6.06. The van der Waals surface area contributed by atoms with Gasteiger partial charge >= 0.3 is 0 Å². The predicted octanol–water partition coefficient (Wildman–Crippen LogP) is 4.24. The minimum Gasteiger partial charge on any atom is -0.356 e. The molecule has 0 aliphatic rings. The van der Waals surface area contributed by atoms with E-state index in [1.54, 1.807) is 0 Å². The first-order valence-electron chi connectivity index (χ1n) is 7.67. The first kappa shape index (κ1) is 15.3. The maximum atomic E-state index is 12.4. The van der Waals surface area contributed by atoms with Crippen LogP contribution < -0.4 is 5.32 Å². The molecule has 0 spiro atoms. The summed E-state index contributed by atoms with van der Waals surface area (Å²) in [7, 11) is 0. The summed E-state index contributed by atoms with van der Waals surface area (Å²) in [6, 6.07) is 9.94. The van der Waals surface area contributed by atoms with Gasteiger partial charge in [0.15, 0.2) is 5.58 Å². The lowest BCUT2D eigenvalue weighted by molar-refractivity contribution is -0.115. The number of hydrogen-bond acceptors (Lipinski definition) is 3. The molecule has 0 aliphatic heterocycles. The van der Waals surface area contributed by atoms with Crippen molar-refractivity contribution in [2.75, 3.05) is 5.32 Å². The summed E-state index contributed by atoms with van der Waals surface area (Å²) in [5.41, 5.74) is 6.68. The number of nitrogens with zero attached hydrogens (tertiary/aromatic N) is 1. The number of carbonyl (C=O) groups excluding carboxylic acids is 1. The SMILES string of the molecule is Cc1cc(C)c2onc(CC(=O)Nc3cccc(C)c3C)c2c1. The number of aromatic nitrogens is 1. The first-order valence-corrected chi connectivity index (χ1v) is 7.67. The number of benzene rings is 2. The number of hydrogen-bond donors (Lipinski definition) is 1. The zero-order chi connectivity index (χ0) is 16.6. The van der Waals surface area contributed by atoms with Gasteiger partial charge in [-0.1, -0.05) is 23.4 Å². The zero-order valence-electron chi connectivity index (χ0n) is 13.9. The molecule has 0 bridgehead atoms. The van der Waals surface area contributed by atoms with E-state index in [-0.39, 0.29) is 12.3 Å². The van der Waals surface area contributed by atoms with Gasteiger partial charge in [-0.15, -0.1) is 0 Å². The average molecular weight is 308 g/mol. The molecule has 3 aromatic rings. The Morgan fingerprint density at radius 1 is 1.13 bits per heavy atom. The molecule has 1 amide bonds. The summed E-state index contributed by atoms with van der Waals surface area (Å²) in [5.74, 6) is -0.0898. The molecule has 1 aromatic heterocycles. The van der Waals surface area contributed by atoms with Crippen molar-refractivity contribution >= 4 is 22.6 Å². The average Bonchev–Trinajstić information content (AvgIpc) is 2.87. The summed E-state index contributed by atoms with van der Waals surface area (Å²) in [4.78, 5) is 12.4. The van der Waals surface area contributed by atoms with Crippen molar-refractivity contribution in [2.45, 2.75) is 34.1 Å². The molecular formula is C19H20N2O2. The molecule has 3 rings (SSSR count). The Kier molecular flexibility index (Phi) is 3.90. The molecule has 4 heteroatoms. The van der Waals surface area contributed by atoms with Crippen LogP contribution in [-0.4, -0.2) is 11.1 Å². The minimum atomic E-state index is -0.0898. The molecule has 1 heterocycles. The van der Waals surface area contributed by atoms with Gasteiger partial charge in [-0.05, 0) is 62.1 Å². The molecular weight excluding hydrogens is 288 g/mol. The van der Waals surface area contributed by atoms with Crippen LogP contribution in [0.1, 0.15) is 27.9 Å². The van der Waals surface area contributed by atoms with Crippen LogP contribution in [0, 0.1) is 27.7 Å². The standard InChI is InChI=1S/C19H20N2O2/c1-11-8-13(3)19-15(9-11)17(21-23-19)10-18(22)20-16-7-5-6-12(2)14(16)4/h5-9H,10H2,1-4H3,(H,20,22). The van der Waals surface area contributed by atoms with E-state index in [1.165, 1.54) is 0 Å². The van der Waals surface area contributed by atoms with E-state index >= 15 is 0 Å². The van der Waals surface area contributed by atoms with Gasteiger partial charge < -0.3 is 9.84 Å². The van der Waals surface area contributed by atoms with Crippen LogP contribution in [-0.2, 0) is 11.2 Å². The van der Waals surface area contributed by atoms with Gasteiger partial charge in [0.2, 0.25) is 5.91 Å². The fourth-order valence-corrected chi connectivity index (χ4v) is 2.80. The van der Waals surface area contributed by atoms with E-state index in [0.717, 1.165) is 38.9 Å². The lowest BCUT2D eigenvalue weighted by atomic mass is 10.1. The fraction of sp³-hybridized carbons (Fsp3) is 0.263. The third kappa shape index (κ3) is 2.97. The van der Waals surface area contributed by atoms with Crippen LogP contribution in [0.25, 0.3) is 11.0 Å². The van der Waals surface area contributed by atoms with E-state index in [9.17, 15) is 4.79 Å². The largest absolute Gasteiger partial charge is 0.356 e. The Morgan fingerprint density at radius 2 is 1.91 bits per heavy atom. The van der Waals surface area contributed by atoms with Gasteiger partial charge in [0.05, 0.1) is 6.42 Å². The van der Waals surface area contributed by atoms with Gasteiger partial charge in [0.1, 0.15) is 5.69 Å². The highest BCUT2D eigenvalue weighted by atomic mass is 16.5. The van der Waals surface area contributed by atoms with E-state index in [4.69, 9.17) is 4.52 Å². The predicted molar refractivity (Wildman–Crippen MR) is 91.7 cm³/mol. The molecule has 4 nitrogen and oxygen atoms in total. The topological polar surface area (TPSA) is 55.1 Å². The number of rotatable bonds is 3. The van der Waals surface area contributed by atoms with Crippen LogP contribution in [0.4, 0.5) is 5.69 Å². The fourth-order valence-electron chi connectivity index (χ4n) is 2.80. The molecule has 0 unspecified atom stereocenters. The highest BCUT2D eigenvalue weighted by Gasteiger charge is 2.15. The maximum absolute atomic E-state index is 12.4. The van der Waals surface area contributed by atoms with Gasteiger partial charge in [-0.3, -0.25) is 4.79 Å². The van der Waals surface area contributed by atoms with Crippen LogP contribution in [0.2, 0.25) is 0 Å². The van der Waals surface area contributed by atoms with Crippen molar-refractivity contribution < 1.29 is 9.32 Å². The van der Waals surface area contributed by atoms with Gasteiger partial charge in [-0.25, -0.2) is 0 Å². The monoisotopic (exact) mass is 308 g/mol. The van der Waals surface area contributed by atoms with Crippen molar-refractivity contribution in [2.24, 2.45) is 0 Å². The van der Waals surface area contributed by atoms with E-state index in [2.05, 4.69) is 10.5 Å². The van der Waals surface area contributed by atoms with E-state index in [0.29, 0.717) is 5.69 Å². The molecule has 118 valence electrons. The zero-order valence-corrected chi connectivity index (χ0v) is 13.9. The lowest BCUT2D eigenvalue weighted by Gasteiger charge is -2.09. The van der Waals surface area contributed by atoms with Crippen molar-refractivity contribution in [1.82, 2.24) is 5.16 Å². The Morgan fingerprint density at radius 3 is 2.70 bits per heavy atom. The third-order valence-corrected chi connectivity index (χ3v) is 4.18. The smallest absolute Gasteiger partial charge is 0.230 e. The number of carbonyl (C=O) groups is 1. The lowest BCUT2D eigenvalue weighted by Crippen LogP contribution is -2.15. The number of amides is 1. The van der Waals surface area contributed by atoms with Crippen LogP contribution in [0.15, 0.2) is 34.9 Å².